The minimum absolute atomic E-state index is 0.0482. The van der Waals surface area contributed by atoms with Crippen LogP contribution in [0.1, 0.15) is 47.1 Å². The van der Waals surface area contributed by atoms with Crippen LogP contribution in [0.2, 0.25) is 0 Å². The number of aryl methyl sites for hydroxylation is 2. The second kappa shape index (κ2) is 5.59. The van der Waals surface area contributed by atoms with Crippen LogP contribution in [0.3, 0.4) is 0 Å². The standard InChI is InChI=1S/C16H20N4OS/c1-10-7-14(19-15(17-10)12-3-4-12)20-5-6-21-13(8-20)16-18-11(2)9-22-16/h7,9,12-13H,3-6,8H2,1-2H3/t13-/m0/s1. The number of rotatable bonds is 3. The van der Waals surface area contributed by atoms with Crippen molar-refractivity contribution in [3.63, 3.8) is 0 Å². The highest BCUT2D eigenvalue weighted by atomic mass is 32.1. The van der Waals surface area contributed by atoms with E-state index in [1.54, 1.807) is 11.3 Å². The van der Waals surface area contributed by atoms with E-state index < -0.39 is 0 Å². The lowest BCUT2D eigenvalue weighted by Crippen LogP contribution is -2.39. The van der Waals surface area contributed by atoms with Crippen molar-refractivity contribution in [1.29, 1.82) is 0 Å². The monoisotopic (exact) mass is 316 g/mol. The van der Waals surface area contributed by atoms with E-state index in [4.69, 9.17) is 9.72 Å². The van der Waals surface area contributed by atoms with Gasteiger partial charge in [-0.25, -0.2) is 15.0 Å². The molecule has 0 bridgehead atoms. The first-order chi connectivity index (χ1) is 10.7. The number of hydrogen-bond acceptors (Lipinski definition) is 6. The molecule has 0 unspecified atom stereocenters. The number of nitrogens with zero attached hydrogens (tertiary/aromatic N) is 4. The number of thiazole rings is 1. The van der Waals surface area contributed by atoms with E-state index in [9.17, 15) is 0 Å². The van der Waals surface area contributed by atoms with Crippen molar-refractivity contribution in [3.05, 3.63) is 33.7 Å². The molecule has 5 nitrogen and oxygen atoms in total. The second-order valence-corrected chi connectivity index (χ2v) is 7.02. The van der Waals surface area contributed by atoms with E-state index in [-0.39, 0.29) is 6.10 Å². The molecule has 6 heteroatoms. The largest absolute Gasteiger partial charge is 0.367 e. The number of morpholine rings is 1. The molecule has 0 amide bonds. The molecule has 2 aliphatic rings. The van der Waals surface area contributed by atoms with Gasteiger partial charge in [-0.15, -0.1) is 11.3 Å². The minimum atomic E-state index is 0.0482. The maximum Gasteiger partial charge on any atom is 0.134 e. The van der Waals surface area contributed by atoms with E-state index in [1.807, 2.05) is 6.92 Å². The summed E-state index contributed by atoms with van der Waals surface area (Å²) in [6.07, 6.45) is 2.51. The molecule has 1 saturated carbocycles. The van der Waals surface area contributed by atoms with Crippen molar-refractivity contribution in [2.24, 2.45) is 0 Å². The molecule has 1 atom stereocenters. The molecule has 1 aliphatic carbocycles. The van der Waals surface area contributed by atoms with Gasteiger partial charge in [0.15, 0.2) is 0 Å². The summed E-state index contributed by atoms with van der Waals surface area (Å²) in [6.45, 7) is 6.48. The number of aromatic nitrogens is 3. The fourth-order valence-corrected chi connectivity index (χ4v) is 3.62. The second-order valence-electron chi connectivity index (χ2n) is 6.13. The number of ether oxygens (including phenoxy) is 1. The fourth-order valence-electron chi connectivity index (χ4n) is 2.79. The Morgan fingerprint density at radius 2 is 2.05 bits per heavy atom. The SMILES string of the molecule is Cc1cc(N2CCO[C@H](c3nc(C)cs3)C2)nc(C2CC2)n1. The summed E-state index contributed by atoms with van der Waals surface area (Å²) in [6, 6.07) is 2.08. The van der Waals surface area contributed by atoms with Crippen LogP contribution in [0.25, 0.3) is 0 Å². The molecular formula is C16H20N4OS. The normalized spacial score (nSPS) is 22.1. The minimum Gasteiger partial charge on any atom is -0.367 e. The summed E-state index contributed by atoms with van der Waals surface area (Å²) >= 11 is 1.68. The molecule has 22 heavy (non-hydrogen) atoms. The Balaban J connectivity index is 1.57. The van der Waals surface area contributed by atoms with Crippen LogP contribution < -0.4 is 4.90 Å². The fraction of sp³-hybridized carbons (Fsp3) is 0.562. The highest BCUT2D eigenvalue weighted by Crippen LogP contribution is 2.39. The van der Waals surface area contributed by atoms with Crippen LogP contribution in [0.15, 0.2) is 11.4 Å². The number of hydrogen-bond donors (Lipinski definition) is 0. The third-order valence-corrected chi connectivity index (χ3v) is 5.16. The summed E-state index contributed by atoms with van der Waals surface area (Å²) in [5.41, 5.74) is 2.12. The lowest BCUT2D eigenvalue weighted by molar-refractivity contribution is 0.0393. The Hall–Kier alpha value is -1.53. The van der Waals surface area contributed by atoms with Crippen molar-refractivity contribution < 1.29 is 4.74 Å². The van der Waals surface area contributed by atoms with Crippen molar-refractivity contribution >= 4 is 17.2 Å². The summed E-state index contributed by atoms with van der Waals surface area (Å²) in [7, 11) is 0. The highest BCUT2D eigenvalue weighted by Gasteiger charge is 2.29. The van der Waals surface area contributed by atoms with Gasteiger partial charge >= 0.3 is 0 Å². The Bertz CT molecular complexity index is 683. The molecule has 2 aromatic heterocycles. The topological polar surface area (TPSA) is 51.1 Å². The highest BCUT2D eigenvalue weighted by molar-refractivity contribution is 7.09. The average Bonchev–Trinajstić information content (AvgIpc) is 3.29. The molecule has 0 spiro atoms. The van der Waals surface area contributed by atoms with Gasteiger partial charge in [-0.1, -0.05) is 0 Å². The van der Waals surface area contributed by atoms with Crippen molar-refractivity contribution in [2.45, 2.75) is 38.7 Å². The Morgan fingerprint density at radius 1 is 1.18 bits per heavy atom. The van der Waals surface area contributed by atoms with Crippen LogP contribution in [-0.4, -0.2) is 34.6 Å². The predicted molar refractivity (Wildman–Crippen MR) is 86.5 cm³/mol. The summed E-state index contributed by atoms with van der Waals surface area (Å²) in [4.78, 5) is 16.3. The quantitative estimate of drug-likeness (QED) is 0.871. The van der Waals surface area contributed by atoms with E-state index >= 15 is 0 Å². The van der Waals surface area contributed by atoms with Crippen molar-refractivity contribution in [1.82, 2.24) is 15.0 Å². The molecule has 2 aromatic rings. The molecule has 1 aliphatic heterocycles. The average molecular weight is 316 g/mol. The molecule has 4 rings (SSSR count). The Labute approximate surface area is 134 Å². The van der Waals surface area contributed by atoms with Crippen LogP contribution >= 0.6 is 11.3 Å². The van der Waals surface area contributed by atoms with Gasteiger partial charge in [-0.2, -0.15) is 0 Å². The van der Waals surface area contributed by atoms with Gasteiger partial charge in [0, 0.05) is 35.3 Å². The van der Waals surface area contributed by atoms with Gasteiger partial charge in [0.25, 0.3) is 0 Å². The van der Waals surface area contributed by atoms with Crippen LogP contribution in [0, 0.1) is 13.8 Å². The molecule has 1 saturated heterocycles. The third kappa shape index (κ3) is 2.85. The first kappa shape index (κ1) is 14.1. The first-order valence-corrected chi connectivity index (χ1v) is 8.71. The zero-order chi connectivity index (χ0) is 15.1. The van der Waals surface area contributed by atoms with Gasteiger partial charge in [0.2, 0.25) is 0 Å². The van der Waals surface area contributed by atoms with Gasteiger partial charge in [-0.3, -0.25) is 0 Å². The van der Waals surface area contributed by atoms with E-state index in [1.165, 1.54) is 12.8 Å². The lowest BCUT2D eigenvalue weighted by Gasteiger charge is -2.33. The third-order valence-electron chi connectivity index (χ3n) is 4.10. The van der Waals surface area contributed by atoms with Crippen LogP contribution in [0.4, 0.5) is 5.82 Å². The maximum atomic E-state index is 5.91. The zero-order valence-corrected chi connectivity index (χ0v) is 13.8. The van der Waals surface area contributed by atoms with Gasteiger partial charge in [0.05, 0.1) is 13.2 Å². The summed E-state index contributed by atoms with van der Waals surface area (Å²) < 4.78 is 5.91. The smallest absolute Gasteiger partial charge is 0.134 e. The molecule has 0 N–H and O–H groups in total. The van der Waals surface area contributed by atoms with Crippen LogP contribution in [-0.2, 0) is 4.74 Å². The summed E-state index contributed by atoms with van der Waals surface area (Å²) in [5, 5.41) is 3.15. The summed E-state index contributed by atoms with van der Waals surface area (Å²) in [5.74, 6) is 2.64. The van der Waals surface area contributed by atoms with Gasteiger partial charge in [0.1, 0.15) is 22.8 Å². The van der Waals surface area contributed by atoms with Crippen LogP contribution in [0.5, 0.6) is 0 Å². The van der Waals surface area contributed by atoms with E-state index in [0.29, 0.717) is 12.5 Å². The van der Waals surface area contributed by atoms with Gasteiger partial charge < -0.3 is 9.64 Å². The maximum absolute atomic E-state index is 5.91. The molecule has 3 heterocycles. The molecule has 2 fully saturated rings. The first-order valence-electron chi connectivity index (χ1n) is 7.83. The van der Waals surface area contributed by atoms with Crippen molar-refractivity contribution in [2.75, 3.05) is 24.6 Å². The van der Waals surface area contributed by atoms with E-state index in [0.717, 1.165) is 41.1 Å². The Kier molecular flexibility index (Phi) is 3.58. The Morgan fingerprint density at radius 3 is 2.77 bits per heavy atom. The predicted octanol–water partition coefficient (Wildman–Crippen LogP) is 3.01. The molecule has 0 radical (unpaired) electrons. The van der Waals surface area contributed by atoms with Gasteiger partial charge in [-0.05, 0) is 26.7 Å². The lowest BCUT2D eigenvalue weighted by atomic mass is 10.2. The molecule has 116 valence electrons. The zero-order valence-electron chi connectivity index (χ0n) is 13.0. The molecular weight excluding hydrogens is 296 g/mol. The van der Waals surface area contributed by atoms with E-state index in [2.05, 4.69) is 33.2 Å². The molecule has 0 aromatic carbocycles. The van der Waals surface area contributed by atoms with Crippen molar-refractivity contribution in [3.8, 4) is 0 Å². The number of anilines is 1.